The van der Waals surface area contributed by atoms with Crippen molar-refractivity contribution >= 4 is 17.6 Å². The molecule has 0 saturated heterocycles. The van der Waals surface area contributed by atoms with Crippen LogP contribution in [0.2, 0.25) is 0 Å². The minimum absolute atomic E-state index is 0.0523. The molecular formula is C27H24O2. The molecule has 4 rings (SSSR count). The van der Waals surface area contributed by atoms with Crippen molar-refractivity contribution in [2.24, 2.45) is 5.92 Å². The Morgan fingerprint density at radius 3 is 2.03 bits per heavy atom. The van der Waals surface area contributed by atoms with E-state index < -0.39 is 0 Å². The Bertz CT molecular complexity index is 1030. The van der Waals surface area contributed by atoms with Crippen molar-refractivity contribution in [2.45, 2.75) is 25.2 Å². The zero-order valence-corrected chi connectivity index (χ0v) is 16.5. The molecule has 1 aliphatic rings. The average Bonchev–Trinajstić information content (AvgIpc) is 3.06. The van der Waals surface area contributed by atoms with Crippen molar-refractivity contribution in [3.63, 3.8) is 0 Å². The lowest BCUT2D eigenvalue weighted by Gasteiger charge is -2.22. The van der Waals surface area contributed by atoms with Gasteiger partial charge in [-0.05, 0) is 23.6 Å². The highest BCUT2D eigenvalue weighted by Crippen LogP contribution is 2.50. The molecular weight excluding hydrogens is 356 g/mol. The van der Waals surface area contributed by atoms with Crippen LogP contribution in [-0.4, -0.2) is 11.6 Å². The van der Waals surface area contributed by atoms with E-state index in [1.807, 2.05) is 60.7 Å². The number of Topliss-reactive ketones (excluding diaryl/α,β-unsaturated/α-hetero) is 2. The minimum atomic E-state index is -0.279. The van der Waals surface area contributed by atoms with Gasteiger partial charge in [0.2, 0.25) is 0 Å². The van der Waals surface area contributed by atoms with Gasteiger partial charge in [-0.15, -0.1) is 0 Å². The van der Waals surface area contributed by atoms with Crippen LogP contribution in [0.4, 0.5) is 0 Å². The summed E-state index contributed by atoms with van der Waals surface area (Å²) in [6.07, 6.45) is 4.61. The normalized spacial score (nSPS) is 20.5. The van der Waals surface area contributed by atoms with E-state index in [1.54, 1.807) is 6.92 Å². The molecule has 1 aliphatic carbocycles. The molecule has 3 atom stereocenters. The van der Waals surface area contributed by atoms with Crippen molar-refractivity contribution in [3.8, 4) is 0 Å². The Morgan fingerprint density at radius 2 is 1.38 bits per heavy atom. The molecule has 0 aromatic heterocycles. The molecule has 0 N–H and O–H groups in total. The van der Waals surface area contributed by atoms with E-state index >= 15 is 0 Å². The molecule has 0 fully saturated rings. The number of hydrogen-bond acceptors (Lipinski definition) is 2. The predicted octanol–water partition coefficient (Wildman–Crippen LogP) is 6.06. The number of carbonyl (C=O) groups excluding carboxylic acids is 2. The second kappa shape index (κ2) is 8.40. The van der Waals surface area contributed by atoms with Gasteiger partial charge < -0.3 is 4.79 Å². The summed E-state index contributed by atoms with van der Waals surface area (Å²) in [6.45, 7) is 1.61. The van der Waals surface area contributed by atoms with Gasteiger partial charge in [-0.25, -0.2) is 0 Å². The lowest BCUT2D eigenvalue weighted by molar-refractivity contribution is -0.117. The summed E-state index contributed by atoms with van der Waals surface area (Å²) >= 11 is 0. The van der Waals surface area contributed by atoms with Crippen LogP contribution in [0.1, 0.15) is 52.2 Å². The monoisotopic (exact) mass is 380 g/mol. The van der Waals surface area contributed by atoms with Crippen LogP contribution in [0.15, 0.2) is 91.0 Å². The minimum Gasteiger partial charge on any atom is -0.300 e. The molecule has 3 aromatic carbocycles. The van der Waals surface area contributed by atoms with E-state index in [0.29, 0.717) is 12.0 Å². The average molecular weight is 380 g/mol. The number of rotatable bonds is 6. The first-order valence-electron chi connectivity index (χ1n) is 10.1. The van der Waals surface area contributed by atoms with E-state index in [4.69, 9.17) is 0 Å². The van der Waals surface area contributed by atoms with E-state index in [9.17, 15) is 9.59 Å². The van der Waals surface area contributed by atoms with Gasteiger partial charge in [0.25, 0.3) is 0 Å². The number of benzene rings is 3. The van der Waals surface area contributed by atoms with Gasteiger partial charge in [0.15, 0.2) is 5.78 Å². The highest BCUT2D eigenvalue weighted by Gasteiger charge is 2.43. The topological polar surface area (TPSA) is 34.1 Å². The standard InChI is InChI=1S/C27H24O2/c1-19(28)18-25-23-15-9-8-14-22(23)24(17-16-20-10-4-2-5-11-20)26(25)27(29)21-12-6-3-7-13-21/h2-17,24-26H,18H2,1H3/b17-16+/t24-,25+,26+/m0/s1. The quantitative estimate of drug-likeness (QED) is 0.487. The summed E-state index contributed by atoms with van der Waals surface area (Å²) in [5.74, 6) is -0.205. The zero-order chi connectivity index (χ0) is 20.2. The third-order valence-electron chi connectivity index (χ3n) is 5.74. The summed E-state index contributed by atoms with van der Waals surface area (Å²) < 4.78 is 0. The summed E-state index contributed by atoms with van der Waals surface area (Å²) in [5, 5.41) is 0. The molecule has 0 bridgehead atoms. The van der Waals surface area contributed by atoms with Crippen molar-refractivity contribution in [1.29, 1.82) is 0 Å². The SMILES string of the molecule is CC(=O)C[C@@H]1c2ccccc2[C@H](/C=C/c2ccccc2)[C@H]1C(=O)c1ccccc1. The van der Waals surface area contributed by atoms with E-state index in [-0.39, 0.29) is 29.3 Å². The maximum atomic E-state index is 13.6. The maximum absolute atomic E-state index is 13.6. The molecule has 0 aliphatic heterocycles. The van der Waals surface area contributed by atoms with Gasteiger partial charge in [0.05, 0.1) is 0 Å². The smallest absolute Gasteiger partial charge is 0.167 e. The fraction of sp³-hybridized carbons (Fsp3) is 0.185. The lowest BCUT2D eigenvalue weighted by atomic mass is 9.78. The molecule has 29 heavy (non-hydrogen) atoms. The largest absolute Gasteiger partial charge is 0.300 e. The number of hydrogen-bond donors (Lipinski definition) is 0. The Hall–Kier alpha value is -3.26. The number of allylic oxidation sites excluding steroid dienone is 1. The van der Waals surface area contributed by atoms with Crippen molar-refractivity contribution in [2.75, 3.05) is 0 Å². The molecule has 0 saturated carbocycles. The van der Waals surface area contributed by atoms with Gasteiger partial charge in [-0.3, -0.25) is 4.79 Å². The van der Waals surface area contributed by atoms with Crippen LogP contribution in [0, 0.1) is 5.92 Å². The van der Waals surface area contributed by atoms with Crippen LogP contribution in [-0.2, 0) is 4.79 Å². The molecule has 2 heteroatoms. The molecule has 0 unspecified atom stereocenters. The predicted molar refractivity (Wildman–Crippen MR) is 117 cm³/mol. The zero-order valence-electron chi connectivity index (χ0n) is 16.5. The van der Waals surface area contributed by atoms with E-state index in [2.05, 4.69) is 36.4 Å². The van der Waals surface area contributed by atoms with Crippen LogP contribution in [0.3, 0.4) is 0 Å². The van der Waals surface area contributed by atoms with Crippen molar-refractivity contribution in [1.82, 2.24) is 0 Å². The fourth-order valence-electron chi connectivity index (χ4n) is 4.48. The molecule has 0 amide bonds. The maximum Gasteiger partial charge on any atom is 0.167 e. The molecule has 0 radical (unpaired) electrons. The fourth-order valence-corrected chi connectivity index (χ4v) is 4.48. The molecule has 3 aromatic rings. The Labute approximate surface area is 171 Å². The van der Waals surface area contributed by atoms with Crippen LogP contribution in [0.25, 0.3) is 6.08 Å². The van der Waals surface area contributed by atoms with Crippen molar-refractivity contribution in [3.05, 3.63) is 113 Å². The summed E-state index contributed by atoms with van der Waals surface area (Å²) in [4.78, 5) is 25.7. The summed E-state index contributed by atoms with van der Waals surface area (Å²) in [5.41, 5.74) is 4.09. The lowest BCUT2D eigenvalue weighted by Crippen LogP contribution is -2.23. The number of fused-ring (bicyclic) bond motifs is 1. The van der Waals surface area contributed by atoms with E-state index in [0.717, 1.165) is 16.7 Å². The van der Waals surface area contributed by atoms with Crippen LogP contribution < -0.4 is 0 Å². The molecule has 2 nitrogen and oxygen atoms in total. The third-order valence-corrected chi connectivity index (χ3v) is 5.74. The Balaban J connectivity index is 1.79. The van der Waals surface area contributed by atoms with E-state index in [1.165, 1.54) is 0 Å². The first kappa shape index (κ1) is 19.1. The van der Waals surface area contributed by atoms with Crippen LogP contribution >= 0.6 is 0 Å². The van der Waals surface area contributed by atoms with Gasteiger partial charge in [-0.1, -0.05) is 97.1 Å². The van der Waals surface area contributed by atoms with Gasteiger partial charge >= 0.3 is 0 Å². The van der Waals surface area contributed by atoms with Gasteiger partial charge in [0, 0.05) is 29.7 Å². The summed E-state index contributed by atoms with van der Waals surface area (Å²) in [6, 6.07) is 27.7. The highest BCUT2D eigenvalue weighted by molar-refractivity contribution is 6.00. The third kappa shape index (κ3) is 3.97. The molecule has 0 heterocycles. The molecule has 144 valence electrons. The van der Waals surface area contributed by atoms with Crippen molar-refractivity contribution < 1.29 is 9.59 Å². The Morgan fingerprint density at radius 1 is 0.793 bits per heavy atom. The first-order chi connectivity index (χ1) is 14.1. The number of carbonyl (C=O) groups is 2. The molecule has 0 spiro atoms. The Kier molecular flexibility index (Phi) is 5.53. The van der Waals surface area contributed by atoms with Crippen LogP contribution in [0.5, 0.6) is 0 Å². The highest BCUT2D eigenvalue weighted by atomic mass is 16.1. The number of ketones is 2. The first-order valence-corrected chi connectivity index (χ1v) is 10.1. The van der Waals surface area contributed by atoms with Gasteiger partial charge in [0.1, 0.15) is 5.78 Å². The van der Waals surface area contributed by atoms with Gasteiger partial charge in [-0.2, -0.15) is 0 Å². The summed E-state index contributed by atoms with van der Waals surface area (Å²) in [7, 11) is 0. The second-order valence-electron chi connectivity index (χ2n) is 7.69. The second-order valence-corrected chi connectivity index (χ2v) is 7.69.